The van der Waals surface area contributed by atoms with Gasteiger partial charge in [-0.15, -0.1) is 0 Å². The Balaban J connectivity index is 1.87. The third kappa shape index (κ3) is 6.13. The van der Waals surface area contributed by atoms with Crippen LogP contribution in [0.1, 0.15) is 29.3 Å². The SMILES string of the molecule is CC[C@@H](Nc1cc(F)c(C(=O)N[C@@H](Cc2ccc(Br)c3ccccc23)C(=O)OC)c(F)c1)C(F)(F)F. The Bertz CT molecular complexity index is 1260. The van der Waals surface area contributed by atoms with Crippen LogP contribution in [0.25, 0.3) is 10.8 Å². The molecule has 3 rings (SSSR count). The van der Waals surface area contributed by atoms with Crippen molar-refractivity contribution in [1.29, 1.82) is 0 Å². The van der Waals surface area contributed by atoms with Crippen molar-refractivity contribution >= 4 is 44.3 Å². The number of halogens is 6. The first-order chi connectivity index (χ1) is 17.0. The molecule has 0 aliphatic carbocycles. The molecule has 192 valence electrons. The number of ether oxygens (including phenoxy) is 1. The van der Waals surface area contributed by atoms with Gasteiger partial charge >= 0.3 is 12.1 Å². The van der Waals surface area contributed by atoms with Crippen LogP contribution in [0.2, 0.25) is 0 Å². The third-order valence-corrected chi connectivity index (χ3v) is 6.28. The molecule has 2 N–H and O–H groups in total. The fraction of sp³-hybridized carbons (Fsp3) is 0.280. The van der Waals surface area contributed by atoms with E-state index in [1.54, 1.807) is 18.2 Å². The molecule has 0 aliphatic heterocycles. The Labute approximate surface area is 212 Å². The van der Waals surface area contributed by atoms with Crippen molar-refractivity contribution < 1.29 is 36.3 Å². The Morgan fingerprint density at radius 1 is 1.03 bits per heavy atom. The molecule has 0 fully saturated rings. The monoisotopic (exact) mass is 572 g/mol. The molecule has 0 aromatic heterocycles. The number of carbonyl (C=O) groups is 2. The number of hydrogen-bond acceptors (Lipinski definition) is 4. The fourth-order valence-electron chi connectivity index (χ4n) is 3.78. The molecule has 11 heteroatoms. The van der Waals surface area contributed by atoms with Gasteiger partial charge in [-0.3, -0.25) is 4.79 Å². The summed E-state index contributed by atoms with van der Waals surface area (Å²) in [6, 6.07) is 8.69. The van der Waals surface area contributed by atoms with Crippen molar-refractivity contribution in [2.75, 3.05) is 12.4 Å². The number of benzene rings is 3. The first-order valence-corrected chi connectivity index (χ1v) is 11.6. The molecule has 0 aliphatic rings. The molecule has 36 heavy (non-hydrogen) atoms. The van der Waals surface area contributed by atoms with Crippen molar-refractivity contribution in [3.8, 4) is 0 Å². The standard InChI is InChI=1S/C25H22BrF5N2O3/c1-3-21(25(29,30)31)32-14-11-18(27)22(19(28)12-14)23(34)33-20(24(35)36-2)10-13-8-9-17(26)16-7-5-4-6-15(13)16/h4-9,11-12,20-21,32H,3,10H2,1-2H3,(H,33,34)/t20-,21+/m0/s1. The highest BCUT2D eigenvalue weighted by Gasteiger charge is 2.38. The van der Waals surface area contributed by atoms with E-state index in [0.29, 0.717) is 17.7 Å². The predicted octanol–water partition coefficient (Wildman–Crippen LogP) is 6.15. The summed E-state index contributed by atoms with van der Waals surface area (Å²) in [7, 11) is 1.10. The lowest BCUT2D eigenvalue weighted by Crippen LogP contribution is -2.43. The van der Waals surface area contributed by atoms with Gasteiger partial charge in [0.2, 0.25) is 0 Å². The van der Waals surface area contributed by atoms with Crippen molar-refractivity contribution in [2.24, 2.45) is 0 Å². The normalized spacial score (nSPS) is 13.2. The van der Waals surface area contributed by atoms with E-state index in [-0.39, 0.29) is 12.8 Å². The number of methoxy groups -OCH3 is 1. The van der Waals surface area contributed by atoms with Crippen LogP contribution < -0.4 is 10.6 Å². The molecule has 5 nitrogen and oxygen atoms in total. The number of amides is 1. The maximum atomic E-state index is 14.7. The molecule has 3 aromatic carbocycles. The van der Waals surface area contributed by atoms with E-state index in [4.69, 9.17) is 4.74 Å². The predicted molar refractivity (Wildman–Crippen MR) is 129 cm³/mol. The summed E-state index contributed by atoms with van der Waals surface area (Å²) in [5, 5.41) is 5.95. The zero-order valence-corrected chi connectivity index (χ0v) is 20.8. The van der Waals surface area contributed by atoms with Crippen molar-refractivity contribution in [2.45, 2.75) is 38.0 Å². The zero-order valence-electron chi connectivity index (χ0n) is 19.2. The van der Waals surface area contributed by atoms with Crippen molar-refractivity contribution in [3.63, 3.8) is 0 Å². The number of rotatable bonds is 8. The van der Waals surface area contributed by atoms with E-state index >= 15 is 0 Å². The van der Waals surface area contributed by atoms with Gasteiger partial charge in [-0.05, 0) is 41.0 Å². The number of nitrogens with one attached hydrogen (secondary N) is 2. The van der Waals surface area contributed by atoms with Gasteiger partial charge in [0.15, 0.2) is 0 Å². The van der Waals surface area contributed by atoms with Crippen molar-refractivity contribution in [3.05, 3.63) is 75.8 Å². The molecule has 1 amide bonds. The zero-order chi connectivity index (χ0) is 26.6. The van der Waals surface area contributed by atoms with Crippen molar-refractivity contribution in [1.82, 2.24) is 5.32 Å². The highest BCUT2D eigenvalue weighted by molar-refractivity contribution is 9.10. The minimum Gasteiger partial charge on any atom is -0.467 e. The van der Waals surface area contributed by atoms with Gasteiger partial charge < -0.3 is 15.4 Å². The molecule has 0 bridgehead atoms. The average molecular weight is 573 g/mol. The summed E-state index contributed by atoms with van der Waals surface area (Å²) in [4.78, 5) is 25.2. The van der Waals surface area contributed by atoms with Gasteiger partial charge in [-0.2, -0.15) is 13.2 Å². The smallest absolute Gasteiger partial charge is 0.408 e. The van der Waals surface area contributed by atoms with E-state index in [1.165, 1.54) is 6.92 Å². The summed E-state index contributed by atoms with van der Waals surface area (Å²) in [6.07, 6.45) is -5.05. The lowest BCUT2D eigenvalue weighted by Gasteiger charge is -2.22. The van der Waals surface area contributed by atoms with Crippen LogP contribution >= 0.6 is 15.9 Å². The molecular formula is C25H22BrF5N2O3. The van der Waals surface area contributed by atoms with Crippen LogP contribution in [0, 0.1) is 11.6 Å². The van der Waals surface area contributed by atoms with E-state index in [9.17, 15) is 31.5 Å². The lowest BCUT2D eigenvalue weighted by atomic mass is 9.98. The van der Waals surface area contributed by atoms with Crippen LogP contribution in [0.4, 0.5) is 27.6 Å². The second-order valence-electron chi connectivity index (χ2n) is 7.97. The second kappa shape index (κ2) is 11.2. The Kier molecular flexibility index (Phi) is 8.55. The molecule has 0 saturated carbocycles. The highest BCUT2D eigenvalue weighted by Crippen LogP contribution is 2.29. The van der Waals surface area contributed by atoms with Gasteiger partial charge in [-0.1, -0.05) is 53.2 Å². The summed E-state index contributed by atoms with van der Waals surface area (Å²) >= 11 is 3.45. The fourth-order valence-corrected chi connectivity index (χ4v) is 4.26. The molecule has 0 radical (unpaired) electrons. The average Bonchev–Trinajstić information content (AvgIpc) is 2.82. The third-order valence-electron chi connectivity index (χ3n) is 5.59. The minimum atomic E-state index is -4.64. The molecule has 3 aromatic rings. The van der Waals surface area contributed by atoms with Gasteiger partial charge in [-0.25, -0.2) is 13.6 Å². The molecule has 0 unspecified atom stereocenters. The van der Waals surface area contributed by atoms with Crippen LogP contribution in [0.3, 0.4) is 0 Å². The number of hydrogen-bond donors (Lipinski definition) is 2. The van der Waals surface area contributed by atoms with Crippen LogP contribution in [0.15, 0.2) is 53.0 Å². The molecule has 0 spiro atoms. The molecule has 0 saturated heterocycles. The van der Waals surface area contributed by atoms with Gasteiger partial charge in [0, 0.05) is 16.6 Å². The van der Waals surface area contributed by atoms with E-state index in [0.717, 1.165) is 22.4 Å². The Morgan fingerprint density at radius 2 is 1.64 bits per heavy atom. The first kappa shape index (κ1) is 27.4. The number of fused-ring (bicyclic) bond motifs is 1. The number of esters is 1. The number of alkyl halides is 3. The topological polar surface area (TPSA) is 67.4 Å². The van der Waals surface area contributed by atoms with E-state index in [1.807, 2.05) is 23.5 Å². The van der Waals surface area contributed by atoms with E-state index < -0.39 is 53.0 Å². The lowest BCUT2D eigenvalue weighted by molar-refractivity contribution is -0.143. The Morgan fingerprint density at radius 3 is 2.19 bits per heavy atom. The van der Waals surface area contributed by atoms with Crippen LogP contribution in [-0.4, -0.2) is 37.2 Å². The minimum absolute atomic E-state index is 0.0428. The molecule has 2 atom stereocenters. The van der Waals surface area contributed by atoms with Gasteiger partial charge in [0.05, 0.1) is 7.11 Å². The maximum Gasteiger partial charge on any atom is 0.408 e. The van der Waals surface area contributed by atoms with Gasteiger partial charge in [0.25, 0.3) is 5.91 Å². The van der Waals surface area contributed by atoms with Crippen LogP contribution in [-0.2, 0) is 16.0 Å². The maximum absolute atomic E-state index is 14.7. The summed E-state index contributed by atoms with van der Waals surface area (Å²) in [6.45, 7) is 1.27. The Hall–Kier alpha value is -3.21. The first-order valence-electron chi connectivity index (χ1n) is 10.8. The number of carbonyl (C=O) groups excluding carboxylic acids is 2. The van der Waals surface area contributed by atoms with Gasteiger partial charge in [0.1, 0.15) is 29.3 Å². The summed E-state index contributed by atoms with van der Waals surface area (Å²) < 4.78 is 74.0. The molecular weight excluding hydrogens is 551 g/mol. The molecule has 0 heterocycles. The summed E-state index contributed by atoms with van der Waals surface area (Å²) in [5.41, 5.74) is -0.838. The largest absolute Gasteiger partial charge is 0.467 e. The summed E-state index contributed by atoms with van der Waals surface area (Å²) in [5.74, 6) is -4.86. The second-order valence-corrected chi connectivity index (χ2v) is 8.82. The van der Waals surface area contributed by atoms with E-state index in [2.05, 4.69) is 21.2 Å². The van der Waals surface area contributed by atoms with Crippen LogP contribution in [0.5, 0.6) is 0 Å². The number of anilines is 1. The quantitative estimate of drug-likeness (QED) is 0.251. The highest BCUT2D eigenvalue weighted by atomic mass is 79.9.